The average Bonchev–Trinajstić information content (AvgIpc) is 3.30. The van der Waals surface area contributed by atoms with Crippen molar-refractivity contribution in [1.29, 1.82) is 0 Å². The standard InChI is InChI=1S/C21H24FN3O2S/c1-12-4-5-15(9-17(12)22)14-6-7-16(8-14)20(27)25-18(10-23-3)21-24-13(2)19(11-26)28-21/h4-7,9,18,23,26H,8,10-11H2,1-3H3,(H,25,27). The lowest BCUT2D eigenvalue weighted by Gasteiger charge is -2.17. The number of aryl methyl sites for hydroxylation is 2. The topological polar surface area (TPSA) is 74.2 Å². The number of nitrogens with zero attached hydrogens (tertiary/aromatic N) is 1. The lowest BCUT2D eigenvalue weighted by molar-refractivity contribution is -0.118. The van der Waals surface area contributed by atoms with Gasteiger partial charge in [-0.25, -0.2) is 9.37 Å². The summed E-state index contributed by atoms with van der Waals surface area (Å²) in [7, 11) is 1.81. The summed E-state index contributed by atoms with van der Waals surface area (Å²) in [4.78, 5) is 18.1. The Morgan fingerprint density at radius 3 is 2.79 bits per heavy atom. The second kappa shape index (κ2) is 8.77. The molecule has 28 heavy (non-hydrogen) atoms. The van der Waals surface area contributed by atoms with Crippen LogP contribution in [0.2, 0.25) is 0 Å². The summed E-state index contributed by atoms with van der Waals surface area (Å²) >= 11 is 1.40. The molecule has 3 N–H and O–H groups in total. The molecule has 0 bridgehead atoms. The number of aliphatic hydroxyl groups is 1. The van der Waals surface area contributed by atoms with Gasteiger partial charge in [-0.15, -0.1) is 11.3 Å². The van der Waals surface area contributed by atoms with Crippen LogP contribution in [0.15, 0.2) is 35.9 Å². The number of carbonyl (C=O) groups excluding carboxylic acids is 1. The molecule has 2 aromatic rings. The first kappa shape index (κ1) is 20.4. The van der Waals surface area contributed by atoms with Crippen molar-refractivity contribution in [2.45, 2.75) is 32.9 Å². The average molecular weight is 402 g/mol. The van der Waals surface area contributed by atoms with Crippen LogP contribution in [-0.2, 0) is 11.4 Å². The van der Waals surface area contributed by atoms with Crippen LogP contribution < -0.4 is 10.6 Å². The molecule has 1 aliphatic rings. The van der Waals surface area contributed by atoms with Gasteiger partial charge in [-0.3, -0.25) is 4.79 Å². The van der Waals surface area contributed by atoms with Crippen molar-refractivity contribution < 1.29 is 14.3 Å². The molecule has 0 spiro atoms. The Kier molecular flexibility index (Phi) is 6.39. The predicted octanol–water partition coefficient (Wildman–Crippen LogP) is 3.18. The Morgan fingerprint density at radius 2 is 2.14 bits per heavy atom. The van der Waals surface area contributed by atoms with Gasteiger partial charge >= 0.3 is 0 Å². The number of likely N-dealkylation sites (N-methyl/N-ethyl adjacent to an activating group) is 1. The number of aromatic nitrogens is 1. The molecule has 1 unspecified atom stereocenters. The third-order valence-corrected chi connectivity index (χ3v) is 6.02. The Balaban J connectivity index is 1.68. The van der Waals surface area contributed by atoms with Crippen LogP contribution in [0.1, 0.15) is 39.2 Å². The van der Waals surface area contributed by atoms with E-state index in [1.807, 2.05) is 26.1 Å². The molecule has 1 aromatic heterocycles. The van der Waals surface area contributed by atoms with Crippen LogP contribution in [-0.4, -0.2) is 29.6 Å². The summed E-state index contributed by atoms with van der Waals surface area (Å²) in [5, 5.41) is 16.3. The molecular formula is C21H24FN3O2S. The van der Waals surface area contributed by atoms with Crippen LogP contribution >= 0.6 is 11.3 Å². The molecule has 148 valence electrons. The van der Waals surface area contributed by atoms with E-state index < -0.39 is 0 Å². The highest BCUT2D eigenvalue weighted by Gasteiger charge is 2.23. The van der Waals surface area contributed by atoms with Crippen LogP contribution in [0.4, 0.5) is 4.39 Å². The van der Waals surface area contributed by atoms with Gasteiger partial charge in [0.05, 0.1) is 23.2 Å². The Bertz CT molecular complexity index is 949. The molecule has 1 aromatic carbocycles. The molecule has 0 aliphatic heterocycles. The van der Waals surface area contributed by atoms with Crippen molar-refractivity contribution in [1.82, 2.24) is 15.6 Å². The van der Waals surface area contributed by atoms with Crippen molar-refractivity contribution in [2.24, 2.45) is 0 Å². The van der Waals surface area contributed by atoms with Crippen molar-refractivity contribution in [3.63, 3.8) is 0 Å². The fraction of sp³-hybridized carbons (Fsp3) is 0.333. The summed E-state index contributed by atoms with van der Waals surface area (Å²) in [6.07, 6.45) is 4.11. The van der Waals surface area contributed by atoms with Gasteiger partial charge in [0.1, 0.15) is 10.8 Å². The molecule has 0 saturated heterocycles. The van der Waals surface area contributed by atoms with Crippen molar-refractivity contribution in [3.05, 3.63) is 68.4 Å². The first-order valence-electron chi connectivity index (χ1n) is 9.11. The van der Waals surface area contributed by atoms with E-state index in [-0.39, 0.29) is 24.4 Å². The summed E-state index contributed by atoms with van der Waals surface area (Å²) in [5.41, 5.74) is 3.72. The van der Waals surface area contributed by atoms with E-state index in [4.69, 9.17) is 0 Å². The monoisotopic (exact) mass is 401 g/mol. The molecule has 1 amide bonds. The van der Waals surface area contributed by atoms with Gasteiger partial charge in [-0.05, 0) is 43.7 Å². The maximum atomic E-state index is 13.8. The molecule has 0 fully saturated rings. The van der Waals surface area contributed by atoms with Gasteiger partial charge in [0.25, 0.3) is 0 Å². The van der Waals surface area contributed by atoms with Crippen molar-refractivity contribution in [2.75, 3.05) is 13.6 Å². The molecule has 3 rings (SSSR count). The predicted molar refractivity (Wildman–Crippen MR) is 109 cm³/mol. The zero-order valence-electron chi connectivity index (χ0n) is 16.2. The largest absolute Gasteiger partial charge is 0.391 e. The van der Waals surface area contributed by atoms with Crippen molar-refractivity contribution in [3.8, 4) is 0 Å². The van der Waals surface area contributed by atoms with Crippen LogP contribution in [0, 0.1) is 19.7 Å². The summed E-state index contributed by atoms with van der Waals surface area (Å²) in [6.45, 7) is 4.04. The molecule has 1 heterocycles. The highest BCUT2D eigenvalue weighted by molar-refractivity contribution is 7.11. The highest BCUT2D eigenvalue weighted by atomic mass is 32.1. The molecule has 5 nitrogen and oxygen atoms in total. The first-order chi connectivity index (χ1) is 13.4. The molecular weight excluding hydrogens is 377 g/mol. The number of thiazole rings is 1. The second-order valence-corrected chi connectivity index (χ2v) is 7.94. The summed E-state index contributed by atoms with van der Waals surface area (Å²) < 4.78 is 13.8. The smallest absolute Gasteiger partial charge is 0.248 e. The third-order valence-electron chi connectivity index (χ3n) is 4.77. The van der Waals surface area contributed by atoms with Gasteiger partial charge in [0, 0.05) is 18.5 Å². The van der Waals surface area contributed by atoms with Gasteiger partial charge in [-0.2, -0.15) is 0 Å². The number of amides is 1. The van der Waals surface area contributed by atoms with E-state index >= 15 is 0 Å². The zero-order valence-corrected chi connectivity index (χ0v) is 17.0. The molecule has 1 atom stereocenters. The number of benzene rings is 1. The van der Waals surface area contributed by atoms with E-state index in [1.165, 1.54) is 17.4 Å². The quantitative estimate of drug-likeness (QED) is 0.666. The fourth-order valence-corrected chi connectivity index (χ4v) is 4.05. The number of hydrogen-bond acceptors (Lipinski definition) is 5. The summed E-state index contributed by atoms with van der Waals surface area (Å²) in [5.74, 6) is -0.415. The van der Waals surface area contributed by atoms with Gasteiger partial charge in [-0.1, -0.05) is 24.3 Å². The van der Waals surface area contributed by atoms with E-state index in [2.05, 4.69) is 15.6 Å². The number of carbonyl (C=O) groups is 1. The number of hydrogen-bond donors (Lipinski definition) is 3. The minimum Gasteiger partial charge on any atom is -0.391 e. The maximum absolute atomic E-state index is 13.8. The zero-order chi connectivity index (χ0) is 20.3. The second-order valence-electron chi connectivity index (χ2n) is 6.83. The minimum atomic E-state index is -0.289. The van der Waals surface area contributed by atoms with Gasteiger partial charge < -0.3 is 15.7 Å². The fourth-order valence-electron chi connectivity index (χ4n) is 3.07. The SMILES string of the molecule is CNCC(NC(=O)C1=CC=C(c2ccc(C)c(F)c2)C1)c1nc(C)c(CO)s1. The molecule has 0 saturated carbocycles. The van der Waals surface area contributed by atoms with E-state index in [1.54, 1.807) is 19.1 Å². The number of nitrogens with one attached hydrogen (secondary N) is 2. The number of allylic oxidation sites excluding steroid dienone is 3. The van der Waals surface area contributed by atoms with Gasteiger partial charge in [0.2, 0.25) is 5.91 Å². The van der Waals surface area contributed by atoms with E-state index in [0.717, 1.165) is 26.7 Å². The van der Waals surface area contributed by atoms with E-state index in [9.17, 15) is 14.3 Å². The number of aliphatic hydroxyl groups excluding tert-OH is 1. The van der Waals surface area contributed by atoms with Crippen LogP contribution in [0.3, 0.4) is 0 Å². The molecule has 0 radical (unpaired) electrons. The number of rotatable bonds is 7. The third kappa shape index (κ3) is 4.38. The number of halogens is 1. The Labute approximate surface area is 168 Å². The van der Waals surface area contributed by atoms with E-state index in [0.29, 0.717) is 24.1 Å². The highest BCUT2D eigenvalue weighted by Crippen LogP contribution is 2.30. The lowest BCUT2D eigenvalue weighted by Crippen LogP contribution is -2.35. The Morgan fingerprint density at radius 1 is 1.36 bits per heavy atom. The lowest BCUT2D eigenvalue weighted by atomic mass is 10.0. The molecule has 7 heteroatoms. The van der Waals surface area contributed by atoms with Crippen molar-refractivity contribution >= 4 is 22.8 Å². The van der Waals surface area contributed by atoms with Crippen LogP contribution in [0.25, 0.3) is 5.57 Å². The first-order valence-corrected chi connectivity index (χ1v) is 9.93. The van der Waals surface area contributed by atoms with Crippen LogP contribution in [0.5, 0.6) is 0 Å². The molecule has 1 aliphatic carbocycles. The van der Waals surface area contributed by atoms with Gasteiger partial charge in [0.15, 0.2) is 0 Å². The normalized spacial score (nSPS) is 14.6. The maximum Gasteiger partial charge on any atom is 0.248 e. The Hall–Kier alpha value is -2.35. The summed E-state index contributed by atoms with van der Waals surface area (Å²) in [6, 6.07) is 4.84. The minimum absolute atomic E-state index is 0.0603.